The summed E-state index contributed by atoms with van der Waals surface area (Å²) in [6.07, 6.45) is 11.2. The van der Waals surface area contributed by atoms with Crippen LogP contribution in [0, 0.1) is 0 Å². The predicted octanol–water partition coefficient (Wildman–Crippen LogP) is 3.04. The van der Waals surface area contributed by atoms with E-state index in [9.17, 15) is 13.2 Å². The van der Waals surface area contributed by atoms with Crippen molar-refractivity contribution in [1.82, 2.24) is 29.1 Å². The van der Waals surface area contributed by atoms with Crippen molar-refractivity contribution in [2.75, 3.05) is 37.5 Å². The van der Waals surface area contributed by atoms with Crippen LogP contribution in [-0.2, 0) is 14.8 Å². The molecule has 5 heterocycles. The highest BCUT2D eigenvalue weighted by Gasteiger charge is 2.20. The van der Waals surface area contributed by atoms with E-state index >= 15 is 0 Å². The highest BCUT2D eigenvalue weighted by Crippen LogP contribution is 2.27. The third kappa shape index (κ3) is 5.40. The first-order valence-corrected chi connectivity index (χ1v) is 14.5. The highest BCUT2D eigenvalue weighted by atomic mass is 32.2. The normalized spacial score (nSPS) is 14.3. The van der Waals surface area contributed by atoms with E-state index < -0.39 is 15.9 Å². The first kappa shape index (κ1) is 25.6. The Morgan fingerprint density at radius 3 is 2.62 bits per heavy atom. The predicted molar refractivity (Wildman–Crippen MR) is 152 cm³/mol. The SMILES string of the molecule is CS(=O)(=O)NC(=O)c1cncc(-c2cnc(N3CCOCC3)c3nc(/C=C/c4ccc5ccccc5n4)cn23)c1. The minimum atomic E-state index is -3.72. The number of amides is 1. The molecule has 1 aliphatic heterocycles. The maximum Gasteiger partial charge on any atom is 0.266 e. The molecule has 4 aromatic heterocycles. The van der Waals surface area contributed by atoms with Crippen molar-refractivity contribution in [1.29, 1.82) is 0 Å². The molecular weight excluding hydrogens is 530 g/mol. The number of nitrogens with zero attached hydrogens (tertiary/aromatic N) is 6. The number of carbonyl (C=O) groups excluding carboxylic acids is 1. The summed E-state index contributed by atoms with van der Waals surface area (Å²) < 4.78 is 32.5. The summed E-state index contributed by atoms with van der Waals surface area (Å²) in [6.45, 7) is 2.56. The minimum Gasteiger partial charge on any atom is -0.378 e. The average Bonchev–Trinajstić information content (AvgIpc) is 3.39. The number of fused-ring (bicyclic) bond motifs is 2. The summed E-state index contributed by atoms with van der Waals surface area (Å²) in [5.74, 6) is -0.0439. The van der Waals surface area contributed by atoms with Crippen molar-refractivity contribution in [3.8, 4) is 11.3 Å². The standard InChI is InChI=1S/C28H25N7O4S/c1-40(37,38)33-28(36)21-14-20(15-29-16-21)25-17-30-26(34-10-12-39-13-11-34)27-32-23(18-35(25)27)9-8-22-7-6-19-4-2-3-5-24(19)31-22/h2-9,14-18H,10-13H2,1H3,(H,33,36)/b9-8+. The topological polar surface area (TPSA) is 132 Å². The zero-order chi connectivity index (χ0) is 27.7. The molecular formula is C28H25N7O4S. The van der Waals surface area contributed by atoms with Gasteiger partial charge in [0.15, 0.2) is 11.5 Å². The summed E-state index contributed by atoms with van der Waals surface area (Å²) in [4.78, 5) is 33.1. The number of aromatic nitrogens is 5. The van der Waals surface area contributed by atoms with Gasteiger partial charge in [-0.05, 0) is 30.4 Å². The molecule has 0 atom stereocenters. The summed E-state index contributed by atoms with van der Waals surface area (Å²) in [5, 5.41) is 1.07. The molecule has 202 valence electrons. The maximum absolute atomic E-state index is 12.5. The minimum absolute atomic E-state index is 0.107. The van der Waals surface area contributed by atoms with E-state index in [1.807, 2.05) is 63.9 Å². The number of sulfonamides is 1. The molecule has 0 saturated carbocycles. The van der Waals surface area contributed by atoms with E-state index in [-0.39, 0.29) is 5.56 Å². The number of nitrogens with one attached hydrogen (secondary N) is 1. The van der Waals surface area contributed by atoms with Crippen molar-refractivity contribution in [2.24, 2.45) is 0 Å². The van der Waals surface area contributed by atoms with E-state index in [0.717, 1.165) is 28.7 Å². The number of anilines is 1. The molecule has 0 spiro atoms. The maximum atomic E-state index is 12.5. The Labute approximate surface area is 230 Å². The lowest BCUT2D eigenvalue weighted by Crippen LogP contribution is -2.37. The lowest BCUT2D eigenvalue weighted by atomic mass is 10.1. The summed E-state index contributed by atoms with van der Waals surface area (Å²) in [6, 6.07) is 13.5. The van der Waals surface area contributed by atoms with Crippen molar-refractivity contribution in [3.05, 3.63) is 84.2 Å². The van der Waals surface area contributed by atoms with Gasteiger partial charge in [0.25, 0.3) is 5.91 Å². The zero-order valence-electron chi connectivity index (χ0n) is 21.6. The van der Waals surface area contributed by atoms with Crippen LogP contribution in [0.1, 0.15) is 21.7 Å². The van der Waals surface area contributed by atoms with E-state index in [4.69, 9.17) is 19.7 Å². The number of ether oxygens (including phenoxy) is 1. The van der Waals surface area contributed by atoms with Crippen molar-refractivity contribution < 1.29 is 17.9 Å². The number of pyridine rings is 2. The van der Waals surface area contributed by atoms with Crippen molar-refractivity contribution in [2.45, 2.75) is 0 Å². The molecule has 0 radical (unpaired) electrons. The largest absolute Gasteiger partial charge is 0.378 e. The Morgan fingerprint density at radius 2 is 1.80 bits per heavy atom. The smallest absolute Gasteiger partial charge is 0.266 e. The fraction of sp³-hybridized carbons (Fsp3) is 0.179. The molecule has 1 fully saturated rings. The zero-order valence-corrected chi connectivity index (χ0v) is 22.4. The van der Waals surface area contributed by atoms with Crippen molar-refractivity contribution in [3.63, 3.8) is 0 Å². The molecule has 6 rings (SSSR count). The van der Waals surface area contributed by atoms with E-state index in [1.54, 1.807) is 18.5 Å². The molecule has 0 bridgehead atoms. The van der Waals surface area contributed by atoms with Crippen LogP contribution in [0.3, 0.4) is 0 Å². The van der Waals surface area contributed by atoms with E-state index in [1.165, 1.54) is 6.20 Å². The van der Waals surface area contributed by atoms with Crippen LogP contribution >= 0.6 is 0 Å². The van der Waals surface area contributed by atoms with E-state index in [2.05, 4.69) is 9.88 Å². The number of hydrogen-bond acceptors (Lipinski definition) is 9. The molecule has 1 aromatic carbocycles. The molecule has 12 heteroatoms. The molecule has 5 aromatic rings. The quantitative estimate of drug-likeness (QED) is 0.336. The Balaban J connectivity index is 1.41. The van der Waals surface area contributed by atoms with Gasteiger partial charge in [0, 0.05) is 42.6 Å². The fourth-order valence-corrected chi connectivity index (χ4v) is 5.01. The average molecular weight is 556 g/mol. The second kappa shape index (κ2) is 10.5. The van der Waals surface area contributed by atoms with Gasteiger partial charge in [0.05, 0.1) is 53.8 Å². The van der Waals surface area contributed by atoms with Crippen LogP contribution < -0.4 is 9.62 Å². The summed E-state index contributed by atoms with van der Waals surface area (Å²) in [5.41, 5.74) is 4.37. The second-order valence-corrected chi connectivity index (χ2v) is 11.1. The van der Waals surface area contributed by atoms with Gasteiger partial charge in [-0.2, -0.15) is 0 Å². The lowest BCUT2D eigenvalue weighted by molar-refractivity contribution is 0.0981. The molecule has 1 amide bonds. The number of morpholine rings is 1. The first-order valence-electron chi connectivity index (χ1n) is 12.6. The molecule has 0 unspecified atom stereocenters. The number of rotatable bonds is 6. The number of benzene rings is 1. The molecule has 40 heavy (non-hydrogen) atoms. The number of para-hydroxylation sites is 1. The summed E-state index contributed by atoms with van der Waals surface area (Å²) in [7, 11) is -3.72. The highest BCUT2D eigenvalue weighted by molar-refractivity contribution is 7.89. The lowest BCUT2D eigenvalue weighted by Gasteiger charge is -2.28. The van der Waals surface area contributed by atoms with Gasteiger partial charge in [-0.25, -0.2) is 28.1 Å². The monoisotopic (exact) mass is 555 g/mol. The van der Waals surface area contributed by atoms with Gasteiger partial charge in [-0.15, -0.1) is 0 Å². The van der Waals surface area contributed by atoms with Crippen LogP contribution in [0.5, 0.6) is 0 Å². The Kier molecular flexibility index (Phi) is 6.70. The third-order valence-corrected chi connectivity index (χ3v) is 6.98. The fourth-order valence-electron chi connectivity index (χ4n) is 4.55. The van der Waals surface area contributed by atoms with Crippen LogP contribution in [0.25, 0.3) is 40.0 Å². The van der Waals surface area contributed by atoms with Crippen molar-refractivity contribution >= 4 is 50.5 Å². The van der Waals surface area contributed by atoms with Crippen LogP contribution in [0.4, 0.5) is 5.82 Å². The van der Waals surface area contributed by atoms with Crippen LogP contribution in [0.2, 0.25) is 0 Å². The molecule has 1 saturated heterocycles. The van der Waals surface area contributed by atoms with Gasteiger partial charge in [-0.3, -0.25) is 14.2 Å². The first-order chi connectivity index (χ1) is 19.3. The van der Waals surface area contributed by atoms with Crippen LogP contribution in [-0.4, -0.2) is 71.2 Å². The van der Waals surface area contributed by atoms with Gasteiger partial charge < -0.3 is 9.64 Å². The summed E-state index contributed by atoms with van der Waals surface area (Å²) >= 11 is 0. The number of imidazole rings is 1. The molecule has 1 N–H and O–H groups in total. The third-order valence-electron chi connectivity index (χ3n) is 6.42. The molecule has 11 nitrogen and oxygen atoms in total. The van der Waals surface area contributed by atoms with Crippen LogP contribution in [0.15, 0.2) is 67.3 Å². The van der Waals surface area contributed by atoms with Gasteiger partial charge >= 0.3 is 0 Å². The van der Waals surface area contributed by atoms with Gasteiger partial charge in [-0.1, -0.05) is 24.3 Å². The Bertz CT molecular complexity index is 1880. The second-order valence-electron chi connectivity index (χ2n) is 9.35. The number of carbonyl (C=O) groups is 1. The van der Waals surface area contributed by atoms with Gasteiger partial charge in [0.1, 0.15) is 0 Å². The molecule has 0 aliphatic carbocycles. The number of hydrogen-bond donors (Lipinski definition) is 1. The Hall–Kier alpha value is -4.68. The molecule has 1 aliphatic rings. The Morgan fingerprint density at radius 1 is 1.00 bits per heavy atom. The van der Waals surface area contributed by atoms with E-state index in [0.29, 0.717) is 48.9 Å². The van der Waals surface area contributed by atoms with Gasteiger partial charge in [0.2, 0.25) is 10.0 Å².